The van der Waals surface area contributed by atoms with Crippen LogP contribution in [0.5, 0.6) is 0 Å². The Hall–Kier alpha value is -1.44. The lowest BCUT2D eigenvalue weighted by Crippen LogP contribution is -2.14. The van der Waals surface area contributed by atoms with E-state index in [-0.39, 0.29) is 20.8 Å². The number of amides is 1. The fourth-order valence-electron chi connectivity index (χ4n) is 1.63. The number of nitrogens with one attached hydrogen (secondary N) is 1. The van der Waals surface area contributed by atoms with Crippen molar-refractivity contribution >= 4 is 46.6 Å². The number of rotatable bonds is 4. The smallest absolute Gasteiger partial charge is 0.323 e. The van der Waals surface area contributed by atoms with E-state index in [1.807, 2.05) is 0 Å². The summed E-state index contributed by atoms with van der Waals surface area (Å²) in [5, 5.41) is 2.29. The summed E-state index contributed by atoms with van der Waals surface area (Å²) in [6.07, 6.45) is -3.07. The zero-order valence-electron chi connectivity index (χ0n) is 11.3. The summed E-state index contributed by atoms with van der Waals surface area (Å²) in [7, 11) is 0. The van der Waals surface area contributed by atoms with Crippen LogP contribution in [0.15, 0.2) is 41.4 Å². The van der Waals surface area contributed by atoms with Crippen LogP contribution in [0, 0.1) is 0 Å². The molecule has 0 spiro atoms. The maximum Gasteiger partial charge on any atom is 0.417 e. The van der Waals surface area contributed by atoms with E-state index in [4.69, 9.17) is 23.2 Å². The first-order chi connectivity index (χ1) is 10.8. The van der Waals surface area contributed by atoms with Gasteiger partial charge >= 0.3 is 6.18 Å². The van der Waals surface area contributed by atoms with Crippen molar-refractivity contribution in [3.8, 4) is 0 Å². The summed E-state index contributed by atoms with van der Waals surface area (Å²) in [5.41, 5.74) is -0.591. The number of halogens is 5. The molecular formula is C14H9Cl2F3N2OS. The number of alkyl halides is 3. The molecule has 1 heterocycles. The number of anilines is 1. The Bertz CT molecular complexity index is 725. The molecule has 0 saturated heterocycles. The fourth-order valence-corrected chi connectivity index (χ4v) is 2.75. The van der Waals surface area contributed by atoms with Crippen molar-refractivity contribution in [3.05, 3.63) is 52.3 Å². The van der Waals surface area contributed by atoms with Crippen LogP contribution in [-0.2, 0) is 11.0 Å². The van der Waals surface area contributed by atoms with Gasteiger partial charge in [0.05, 0.1) is 22.0 Å². The monoisotopic (exact) mass is 380 g/mol. The SMILES string of the molecule is O=C(CSc1ccc(Cl)c(C(F)(F)F)c1)Nc1cccnc1Cl. The Kier molecular flexibility index (Phi) is 5.78. The minimum absolute atomic E-state index is 0.0792. The van der Waals surface area contributed by atoms with Gasteiger partial charge in [-0.1, -0.05) is 23.2 Å². The lowest BCUT2D eigenvalue weighted by atomic mass is 10.2. The molecule has 2 rings (SSSR count). The Morgan fingerprint density at radius 2 is 2.00 bits per heavy atom. The van der Waals surface area contributed by atoms with Crippen molar-refractivity contribution in [2.75, 3.05) is 11.1 Å². The second-order valence-electron chi connectivity index (χ2n) is 4.32. The van der Waals surface area contributed by atoms with Crippen molar-refractivity contribution in [1.29, 1.82) is 0 Å². The molecule has 23 heavy (non-hydrogen) atoms. The summed E-state index contributed by atoms with van der Waals surface area (Å²) < 4.78 is 38.3. The number of hydrogen-bond donors (Lipinski definition) is 1. The molecule has 0 saturated carbocycles. The summed E-state index contributed by atoms with van der Waals surface area (Å²) in [5.74, 6) is -0.488. The number of nitrogens with zero attached hydrogens (tertiary/aromatic N) is 1. The van der Waals surface area contributed by atoms with Crippen LogP contribution < -0.4 is 5.32 Å². The standard InChI is InChI=1S/C14H9Cl2F3N2OS/c15-10-4-3-8(6-9(10)14(17,18)19)23-7-12(22)21-11-2-1-5-20-13(11)16/h1-6H,7H2,(H,21,22). The number of aromatic nitrogens is 1. The highest BCUT2D eigenvalue weighted by Crippen LogP contribution is 2.37. The maximum absolute atomic E-state index is 12.8. The summed E-state index contributed by atoms with van der Waals surface area (Å²) in [6.45, 7) is 0. The van der Waals surface area contributed by atoms with Gasteiger partial charge in [-0.2, -0.15) is 13.2 Å². The van der Waals surface area contributed by atoms with E-state index in [1.54, 1.807) is 12.1 Å². The van der Waals surface area contributed by atoms with E-state index < -0.39 is 17.6 Å². The minimum atomic E-state index is -4.54. The van der Waals surface area contributed by atoms with Crippen LogP contribution in [0.3, 0.4) is 0 Å². The molecular weight excluding hydrogens is 372 g/mol. The molecule has 0 unspecified atom stereocenters. The van der Waals surface area contributed by atoms with Gasteiger partial charge in [-0.3, -0.25) is 4.79 Å². The van der Waals surface area contributed by atoms with Crippen LogP contribution in [0.25, 0.3) is 0 Å². The predicted molar refractivity (Wildman–Crippen MR) is 85.1 cm³/mol. The van der Waals surface area contributed by atoms with E-state index in [0.29, 0.717) is 5.69 Å². The van der Waals surface area contributed by atoms with Crippen molar-refractivity contribution in [1.82, 2.24) is 4.98 Å². The highest BCUT2D eigenvalue weighted by atomic mass is 35.5. The third-order valence-electron chi connectivity index (χ3n) is 2.65. The van der Waals surface area contributed by atoms with Gasteiger partial charge in [-0.05, 0) is 30.3 Å². The molecule has 2 aromatic rings. The number of hydrogen-bond acceptors (Lipinski definition) is 3. The number of pyridine rings is 1. The van der Waals surface area contributed by atoms with E-state index >= 15 is 0 Å². The molecule has 1 N–H and O–H groups in total. The molecule has 3 nitrogen and oxygen atoms in total. The number of carbonyl (C=O) groups is 1. The van der Waals surface area contributed by atoms with E-state index in [9.17, 15) is 18.0 Å². The highest BCUT2D eigenvalue weighted by molar-refractivity contribution is 8.00. The van der Waals surface area contributed by atoms with Gasteiger partial charge in [0.1, 0.15) is 0 Å². The second kappa shape index (κ2) is 7.42. The lowest BCUT2D eigenvalue weighted by Gasteiger charge is -2.11. The first kappa shape index (κ1) is 17.9. The van der Waals surface area contributed by atoms with Crippen LogP contribution in [0.2, 0.25) is 10.2 Å². The third-order valence-corrected chi connectivity index (χ3v) is 4.27. The van der Waals surface area contributed by atoms with Gasteiger partial charge in [0, 0.05) is 11.1 Å². The Labute approximate surface area is 144 Å². The maximum atomic E-state index is 12.8. The molecule has 0 fully saturated rings. The molecule has 9 heteroatoms. The Morgan fingerprint density at radius 1 is 1.26 bits per heavy atom. The van der Waals surface area contributed by atoms with Crippen LogP contribution in [-0.4, -0.2) is 16.6 Å². The lowest BCUT2D eigenvalue weighted by molar-refractivity contribution is -0.137. The van der Waals surface area contributed by atoms with Crippen molar-refractivity contribution in [3.63, 3.8) is 0 Å². The predicted octanol–water partition coefficient (Wildman–Crippen LogP) is 5.14. The molecule has 0 bridgehead atoms. The van der Waals surface area contributed by atoms with Gasteiger partial charge in [0.25, 0.3) is 0 Å². The molecule has 0 atom stereocenters. The average molecular weight is 381 g/mol. The molecule has 1 amide bonds. The van der Waals surface area contributed by atoms with Crippen LogP contribution in [0.4, 0.5) is 18.9 Å². The van der Waals surface area contributed by atoms with Crippen LogP contribution >= 0.6 is 35.0 Å². The van der Waals surface area contributed by atoms with Gasteiger partial charge in [-0.25, -0.2) is 4.98 Å². The van der Waals surface area contributed by atoms with E-state index in [2.05, 4.69) is 10.3 Å². The van der Waals surface area contributed by atoms with Crippen molar-refractivity contribution < 1.29 is 18.0 Å². The zero-order chi connectivity index (χ0) is 17.0. The first-order valence-electron chi connectivity index (χ1n) is 6.17. The van der Waals surface area contributed by atoms with Crippen molar-refractivity contribution in [2.45, 2.75) is 11.1 Å². The van der Waals surface area contributed by atoms with Gasteiger partial charge < -0.3 is 5.32 Å². The quantitative estimate of drug-likeness (QED) is 0.589. The number of thioether (sulfide) groups is 1. The highest BCUT2D eigenvalue weighted by Gasteiger charge is 2.33. The third kappa shape index (κ3) is 5.02. The number of carbonyl (C=O) groups excluding carboxylic acids is 1. The molecule has 122 valence electrons. The van der Waals surface area contributed by atoms with E-state index in [1.165, 1.54) is 12.3 Å². The second-order valence-corrected chi connectivity index (χ2v) is 6.13. The fraction of sp³-hybridized carbons (Fsp3) is 0.143. The molecule has 0 aliphatic heterocycles. The molecule has 0 radical (unpaired) electrons. The molecule has 1 aromatic carbocycles. The molecule has 0 aliphatic rings. The van der Waals surface area contributed by atoms with Gasteiger partial charge in [0.15, 0.2) is 5.15 Å². The first-order valence-corrected chi connectivity index (χ1v) is 7.91. The normalized spacial score (nSPS) is 11.3. The summed E-state index contributed by atoms with van der Waals surface area (Å²) in [6, 6.07) is 6.66. The minimum Gasteiger partial charge on any atom is -0.323 e. The van der Waals surface area contributed by atoms with E-state index in [0.717, 1.165) is 23.9 Å². The zero-order valence-corrected chi connectivity index (χ0v) is 13.7. The summed E-state index contributed by atoms with van der Waals surface area (Å²) in [4.78, 5) is 15.9. The number of benzene rings is 1. The topological polar surface area (TPSA) is 42.0 Å². The van der Waals surface area contributed by atoms with Crippen molar-refractivity contribution in [2.24, 2.45) is 0 Å². The Morgan fingerprint density at radius 3 is 2.65 bits per heavy atom. The van der Waals surface area contributed by atoms with Gasteiger partial charge in [0.2, 0.25) is 5.91 Å². The largest absolute Gasteiger partial charge is 0.417 e. The molecule has 0 aliphatic carbocycles. The molecule has 1 aromatic heterocycles. The summed E-state index contributed by atoms with van der Waals surface area (Å²) >= 11 is 12.3. The average Bonchev–Trinajstić information content (AvgIpc) is 2.47. The Balaban J connectivity index is 2.01. The van der Waals surface area contributed by atoms with Crippen LogP contribution in [0.1, 0.15) is 5.56 Å². The van der Waals surface area contributed by atoms with Gasteiger partial charge in [-0.15, -0.1) is 11.8 Å².